The first-order chi connectivity index (χ1) is 14.1. The molecule has 2 aromatic heterocycles. The van der Waals surface area contributed by atoms with E-state index in [0.717, 1.165) is 4.31 Å². The molecule has 3 aromatic rings. The van der Waals surface area contributed by atoms with Gasteiger partial charge in [-0.25, -0.2) is 12.7 Å². The van der Waals surface area contributed by atoms with Gasteiger partial charge in [0.05, 0.1) is 37.7 Å². The molecule has 0 spiro atoms. The van der Waals surface area contributed by atoms with E-state index in [2.05, 4.69) is 21.6 Å². The van der Waals surface area contributed by atoms with Gasteiger partial charge >= 0.3 is 0 Å². The Morgan fingerprint density at radius 1 is 1.37 bits per heavy atom. The summed E-state index contributed by atoms with van der Waals surface area (Å²) in [5.74, 6) is -0.0115. The van der Waals surface area contributed by atoms with E-state index in [1.807, 2.05) is 0 Å². The minimum atomic E-state index is -3.66. The number of hydrogen-bond acceptors (Lipinski definition) is 8. The molecule has 0 saturated carbocycles. The summed E-state index contributed by atoms with van der Waals surface area (Å²) in [5.41, 5.74) is 0.00431. The summed E-state index contributed by atoms with van der Waals surface area (Å²) in [4.78, 5) is 1.11. The van der Waals surface area contributed by atoms with Gasteiger partial charge < -0.3 is 9.73 Å². The van der Waals surface area contributed by atoms with E-state index in [4.69, 9.17) is 26.7 Å². The Hall–Kier alpha value is -2.94. The Kier molecular flexibility index (Phi) is 4.80. The number of nitriles is 1. The fourth-order valence-corrected chi connectivity index (χ4v) is 6.24. The maximum Gasteiger partial charge on any atom is 0.258 e. The number of benzene rings is 1. The van der Waals surface area contributed by atoms with Crippen LogP contribution in [0.25, 0.3) is 22.2 Å². The quantitative estimate of drug-likeness (QED) is 0.610. The third kappa shape index (κ3) is 3.43. The number of halogens is 1. The maximum absolute atomic E-state index is 12.4. The summed E-state index contributed by atoms with van der Waals surface area (Å²) < 4.78 is 31.5. The van der Waals surface area contributed by atoms with Crippen LogP contribution < -0.4 is 5.32 Å². The number of nitrogens with zero attached hydrogens (tertiary/aromatic N) is 4. The van der Waals surface area contributed by atoms with Crippen LogP contribution >= 0.6 is 22.9 Å². The summed E-state index contributed by atoms with van der Waals surface area (Å²) in [6.45, 7) is 1.68. The van der Waals surface area contributed by atoms with Gasteiger partial charge in [0.15, 0.2) is 0 Å². The van der Waals surface area contributed by atoms with E-state index < -0.39 is 15.6 Å². The van der Waals surface area contributed by atoms with Crippen molar-refractivity contribution in [2.75, 3.05) is 12.8 Å². The topological polar surface area (TPSA) is 136 Å². The lowest BCUT2D eigenvalue weighted by atomic mass is 10.0. The fraction of sp³-hybridized carbons (Fsp3) is 0.222. The fourth-order valence-electron chi connectivity index (χ4n) is 3.11. The molecular weight excluding hydrogens is 448 g/mol. The van der Waals surface area contributed by atoms with Crippen LogP contribution in [-0.4, -0.2) is 41.7 Å². The lowest BCUT2D eigenvalue weighted by molar-refractivity contribution is 0.424. The SMILES string of the molecule is CN1C(=N)N[C@](C)(c2sc(-c3nnc(-c4cccc(C#N)c4)o3)cc2Cl)CS1(=O)=O. The van der Waals surface area contributed by atoms with Crippen molar-refractivity contribution in [2.24, 2.45) is 0 Å². The van der Waals surface area contributed by atoms with E-state index in [0.29, 0.717) is 25.9 Å². The number of hydrogen-bond donors (Lipinski definition) is 2. The van der Waals surface area contributed by atoms with Crippen molar-refractivity contribution in [3.63, 3.8) is 0 Å². The highest BCUT2D eigenvalue weighted by atomic mass is 35.5. The third-order valence-corrected chi connectivity index (χ3v) is 8.42. The number of thiophene rings is 1. The second kappa shape index (κ2) is 7.09. The molecule has 1 aliphatic rings. The zero-order valence-electron chi connectivity index (χ0n) is 15.8. The number of nitrogens with one attached hydrogen (secondary N) is 2. The van der Waals surface area contributed by atoms with Crippen LogP contribution in [0.2, 0.25) is 5.02 Å². The zero-order valence-corrected chi connectivity index (χ0v) is 18.2. The first kappa shape index (κ1) is 20.3. The Bertz CT molecular complexity index is 1310. The normalized spacial score (nSPS) is 20.6. The van der Waals surface area contributed by atoms with Crippen molar-refractivity contribution in [1.82, 2.24) is 19.8 Å². The molecule has 3 heterocycles. The van der Waals surface area contributed by atoms with Gasteiger partial charge in [-0.05, 0) is 31.2 Å². The molecule has 0 aliphatic carbocycles. The van der Waals surface area contributed by atoms with E-state index in [9.17, 15) is 8.42 Å². The highest BCUT2D eigenvalue weighted by Gasteiger charge is 2.44. The van der Waals surface area contributed by atoms with Gasteiger partial charge in [-0.2, -0.15) is 5.26 Å². The van der Waals surface area contributed by atoms with Crippen LogP contribution in [0.3, 0.4) is 0 Å². The first-order valence-corrected chi connectivity index (χ1v) is 11.4. The molecule has 0 radical (unpaired) electrons. The molecule has 0 bridgehead atoms. The molecule has 1 atom stereocenters. The summed E-state index contributed by atoms with van der Waals surface area (Å²) in [5, 5.41) is 28.4. The smallest absolute Gasteiger partial charge is 0.258 e. The van der Waals surface area contributed by atoms with Crippen LogP contribution in [0.15, 0.2) is 34.7 Å². The van der Waals surface area contributed by atoms with Crippen molar-refractivity contribution >= 4 is 38.9 Å². The van der Waals surface area contributed by atoms with Gasteiger partial charge in [-0.3, -0.25) is 5.41 Å². The highest BCUT2D eigenvalue weighted by Crippen LogP contribution is 2.42. The Morgan fingerprint density at radius 2 is 2.10 bits per heavy atom. The summed E-state index contributed by atoms with van der Waals surface area (Å²) in [6, 6.07) is 10.5. The van der Waals surface area contributed by atoms with E-state index in [1.165, 1.54) is 18.4 Å². The van der Waals surface area contributed by atoms with Crippen LogP contribution in [0.1, 0.15) is 17.4 Å². The highest BCUT2D eigenvalue weighted by molar-refractivity contribution is 7.89. The molecular formula is C18H15ClN6O3S2. The molecule has 2 N–H and O–H groups in total. The lowest BCUT2D eigenvalue weighted by Crippen LogP contribution is -2.60. The van der Waals surface area contributed by atoms with Crippen molar-refractivity contribution in [2.45, 2.75) is 12.5 Å². The summed E-state index contributed by atoms with van der Waals surface area (Å²) >= 11 is 7.64. The number of rotatable bonds is 3. The molecule has 1 fully saturated rings. The molecule has 4 rings (SSSR count). The van der Waals surface area contributed by atoms with Gasteiger partial charge in [-0.15, -0.1) is 21.5 Å². The standard InChI is InChI=1S/C18H15ClN6O3S2/c1-18(9-30(26,27)25(2)17(21)22-18)14-12(19)7-13(29-14)16-24-23-15(28-16)11-5-3-4-10(6-11)8-20/h3-7H,9H2,1-2H3,(H2,21,22)/t18-/m0/s1. The lowest BCUT2D eigenvalue weighted by Gasteiger charge is -2.39. The molecule has 1 aromatic carbocycles. The molecule has 12 heteroatoms. The monoisotopic (exact) mass is 462 g/mol. The zero-order chi connectivity index (χ0) is 21.7. The van der Waals surface area contributed by atoms with Crippen LogP contribution in [0.4, 0.5) is 0 Å². The second-order valence-corrected chi connectivity index (χ2v) is 10.4. The minimum absolute atomic E-state index is 0.222. The number of sulfonamides is 1. The van der Waals surface area contributed by atoms with Gasteiger partial charge in [0.25, 0.3) is 5.89 Å². The Morgan fingerprint density at radius 3 is 2.80 bits per heavy atom. The van der Waals surface area contributed by atoms with Crippen LogP contribution in [-0.2, 0) is 15.6 Å². The van der Waals surface area contributed by atoms with Gasteiger partial charge in [0.1, 0.15) is 0 Å². The largest absolute Gasteiger partial charge is 0.415 e. The van der Waals surface area contributed by atoms with Crippen molar-refractivity contribution in [3.05, 3.63) is 45.8 Å². The number of guanidine groups is 1. The van der Waals surface area contributed by atoms with Gasteiger partial charge in [0.2, 0.25) is 21.9 Å². The predicted molar refractivity (Wildman–Crippen MR) is 113 cm³/mol. The van der Waals surface area contributed by atoms with Crippen molar-refractivity contribution in [3.8, 4) is 28.3 Å². The Labute approximate surface area is 181 Å². The molecule has 0 unspecified atom stereocenters. The van der Waals surface area contributed by atoms with Crippen molar-refractivity contribution in [1.29, 1.82) is 10.7 Å². The molecule has 1 aliphatic heterocycles. The van der Waals surface area contributed by atoms with E-state index in [-0.39, 0.29) is 23.5 Å². The van der Waals surface area contributed by atoms with Crippen molar-refractivity contribution < 1.29 is 12.8 Å². The van der Waals surface area contributed by atoms with Gasteiger partial charge in [-0.1, -0.05) is 17.7 Å². The van der Waals surface area contributed by atoms with E-state index >= 15 is 0 Å². The maximum atomic E-state index is 12.4. The van der Waals surface area contributed by atoms with Crippen LogP contribution in [0.5, 0.6) is 0 Å². The van der Waals surface area contributed by atoms with E-state index in [1.54, 1.807) is 37.3 Å². The second-order valence-electron chi connectivity index (χ2n) is 6.92. The molecule has 154 valence electrons. The number of aromatic nitrogens is 2. The average Bonchev–Trinajstić information content (AvgIpc) is 3.33. The summed E-state index contributed by atoms with van der Waals surface area (Å²) in [6.07, 6.45) is 0. The molecule has 30 heavy (non-hydrogen) atoms. The minimum Gasteiger partial charge on any atom is -0.415 e. The first-order valence-electron chi connectivity index (χ1n) is 8.60. The van der Waals surface area contributed by atoms with Gasteiger partial charge in [0, 0.05) is 12.6 Å². The third-order valence-electron chi connectivity index (χ3n) is 4.66. The Balaban J connectivity index is 1.69. The molecule has 9 nitrogen and oxygen atoms in total. The van der Waals surface area contributed by atoms with Crippen LogP contribution in [0, 0.1) is 16.7 Å². The average molecular weight is 463 g/mol. The summed E-state index contributed by atoms with van der Waals surface area (Å²) in [7, 11) is -2.33. The molecule has 1 saturated heterocycles. The molecule has 0 amide bonds. The predicted octanol–water partition coefficient (Wildman–Crippen LogP) is 3.00.